The Morgan fingerprint density at radius 1 is 1.62 bits per heavy atom. The Bertz CT molecular complexity index is 268. The van der Waals surface area contributed by atoms with Crippen molar-refractivity contribution in [2.75, 3.05) is 11.5 Å². The molecule has 1 heterocycles. The van der Waals surface area contributed by atoms with Crippen LogP contribution in [0.4, 0.5) is 0 Å². The van der Waals surface area contributed by atoms with Gasteiger partial charge in [0.15, 0.2) is 5.16 Å². The highest BCUT2D eigenvalue weighted by molar-refractivity contribution is 7.99. The molecule has 0 saturated carbocycles. The minimum absolute atomic E-state index is 0.278. The smallest absolute Gasteiger partial charge is 0.167 e. The molecule has 0 fully saturated rings. The lowest BCUT2D eigenvalue weighted by Crippen LogP contribution is -2.16. The Balaban J connectivity index is 2.48. The van der Waals surface area contributed by atoms with Crippen molar-refractivity contribution in [3.63, 3.8) is 0 Å². The molecule has 13 heavy (non-hydrogen) atoms. The zero-order valence-electron chi connectivity index (χ0n) is 8.32. The second kappa shape index (κ2) is 4.42. The molecule has 0 spiro atoms. The third kappa shape index (κ3) is 3.27. The van der Waals surface area contributed by atoms with Crippen molar-refractivity contribution in [1.29, 1.82) is 0 Å². The van der Waals surface area contributed by atoms with Gasteiger partial charge in [0.05, 0.1) is 0 Å². The summed E-state index contributed by atoms with van der Waals surface area (Å²) in [6.07, 6.45) is 3.80. The summed E-state index contributed by atoms with van der Waals surface area (Å²) in [5.41, 5.74) is 0.278. The molecular weight excluding hydrogens is 200 g/mol. The quantitative estimate of drug-likeness (QED) is 0.615. The van der Waals surface area contributed by atoms with E-state index in [1.54, 1.807) is 11.8 Å². The number of aryl methyl sites for hydroxylation is 1. The summed E-state index contributed by atoms with van der Waals surface area (Å²) < 4.78 is 2.04. The van der Waals surface area contributed by atoms with Gasteiger partial charge in [0.1, 0.15) is 0 Å². The van der Waals surface area contributed by atoms with Crippen LogP contribution in [0.2, 0.25) is 0 Å². The van der Waals surface area contributed by atoms with Crippen LogP contribution in [0.25, 0.3) is 0 Å². The summed E-state index contributed by atoms with van der Waals surface area (Å²) in [5, 5.41) is 1.08. The fourth-order valence-corrected chi connectivity index (χ4v) is 2.08. The zero-order chi connectivity index (χ0) is 9.90. The summed E-state index contributed by atoms with van der Waals surface area (Å²) in [6.45, 7) is 4.44. The first-order valence-electron chi connectivity index (χ1n) is 4.26. The maximum absolute atomic E-state index is 4.32. The molecule has 74 valence electrons. The van der Waals surface area contributed by atoms with Crippen molar-refractivity contribution in [3.05, 3.63) is 12.4 Å². The van der Waals surface area contributed by atoms with Gasteiger partial charge >= 0.3 is 0 Å². The number of hydrogen-bond donors (Lipinski definition) is 1. The second-order valence-electron chi connectivity index (χ2n) is 3.93. The minimum atomic E-state index is 0.278. The number of imidazole rings is 1. The summed E-state index contributed by atoms with van der Waals surface area (Å²) in [6, 6.07) is 0. The van der Waals surface area contributed by atoms with Crippen LogP contribution < -0.4 is 0 Å². The van der Waals surface area contributed by atoms with Crippen LogP contribution in [-0.4, -0.2) is 21.1 Å². The van der Waals surface area contributed by atoms with Gasteiger partial charge in [-0.05, 0) is 11.2 Å². The summed E-state index contributed by atoms with van der Waals surface area (Å²) >= 11 is 6.11. The van der Waals surface area contributed by atoms with Crippen LogP contribution in [0.3, 0.4) is 0 Å². The fourth-order valence-electron chi connectivity index (χ4n) is 0.797. The maximum atomic E-state index is 4.32. The SMILES string of the molecule is Cn1ccnc1SCC(C)(C)CS. The van der Waals surface area contributed by atoms with Crippen LogP contribution >= 0.6 is 24.4 Å². The molecule has 0 bridgehead atoms. The molecule has 0 N–H and O–H groups in total. The van der Waals surface area contributed by atoms with E-state index >= 15 is 0 Å². The summed E-state index contributed by atoms with van der Waals surface area (Å²) in [7, 11) is 2.02. The van der Waals surface area contributed by atoms with Gasteiger partial charge in [0, 0.05) is 25.2 Å². The number of thioether (sulfide) groups is 1. The Hall–Kier alpha value is -0.0900. The molecule has 1 aromatic rings. The van der Waals surface area contributed by atoms with E-state index in [4.69, 9.17) is 0 Å². The maximum Gasteiger partial charge on any atom is 0.167 e. The molecule has 2 nitrogen and oxygen atoms in total. The zero-order valence-corrected chi connectivity index (χ0v) is 10.0. The van der Waals surface area contributed by atoms with Gasteiger partial charge in [0.2, 0.25) is 0 Å². The summed E-state index contributed by atoms with van der Waals surface area (Å²) in [4.78, 5) is 4.25. The molecule has 1 rings (SSSR count). The number of rotatable bonds is 4. The molecule has 0 aliphatic rings. The highest BCUT2D eigenvalue weighted by atomic mass is 32.2. The monoisotopic (exact) mass is 216 g/mol. The second-order valence-corrected chi connectivity index (χ2v) is 5.19. The van der Waals surface area contributed by atoms with E-state index in [0.29, 0.717) is 0 Å². The van der Waals surface area contributed by atoms with Crippen molar-refractivity contribution < 1.29 is 0 Å². The Morgan fingerprint density at radius 3 is 2.77 bits per heavy atom. The van der Waals surface area contributed by atoms with Gasteiger partial charge in [-0.3, -0.25) is 0 Å². The third-order valence-electron chi connectivity index (χ3n) is 1.80. The van der Waals surface area contributed by atoms with E-state index < -0.39 is 0 Å². The van der Waals surface area contributed by atoms with Crippen LogP contribution in [0.5, 0.6) is 0 Å². The normalized spacial score (nSPS) is 12.0. The number of hydrogen-bond acceptors (Lipinski definition) is 3. The summed E-state index contributed by atoms with van der Waals surface area (Å²) in [5.74, 6) is 1.96. The van der Waals surface area contributed by atoms with Gasteiger partial charge in [-0.25, -0.2) is 4.98 Å². The number of aromatic nitrogens is 2. The van der Waals surface area contributed by atoms with E-state index in [9.17, 15) is 0 Å². The molecule has 0 aromatic carbocycles. The van der Waals surface area contributed by atoms with E-state index in [2.05, 4.69) is 31.5 Å². The standard InChI is InChI=1S/C9H16N2S2/c1-9(2,6-12)7-13-8-10-4-5-11(8)3/h4-5,12H,6-7H2,1-3H3. The van der Waals surface area contributed by atoms with Crippen molar-refractivity contribution >= 4 is 24.4 Å². The van der Waals surface area contributed by atoms with Crippen LogP contribution in [0.15, 0.2) is 17.6 Å². The lowest BCUT2D eigenvalue weighted by atomic mass is 10.0. The topological polar surface area (TPSA) is 17.8 Å². The molecule has 0 unspecified atom stereocenters. The van der Waals surface area contributed by atoms with Crippen molar-refractivity contribution in [1.82, 2.24) is 9.55 Å². The van der Waals surface area contributed by atoms with Crippen molar-refractivity contribution in [2.45, 2.75) is 19.0 Å². The van der Waals surface area contributed by atoms with E-state index in [0.717, 1.165) is 16.7 Å². The van der Waals surface area contributed by atoms with Crippen molar-refractivity contribution in [3.8, 4) is 0 Å². The highest BCUT2D eigenvalue weighted by Crippen LogP contribution is 2.26. The third-order valence-corrected chi connectivity index (χ3v) is 4.23. The van der Waals surface area contributed by atoms with E-state index in [1.807, 2.05) is 24.0 Å². The minimum Gasteiger partial charge on any atom is -0.329 e. The van der Waals surface area contributed by atoms with Gasteiger partial charge in [0.25, 0.3) is 0 Å². The number of thiol groups is 1. The Morgan fingerprint density at radius 2 is 2.31 bits per heavy atom. The molecule has 0 saturated heterocycles. The Labute approximate surface area is 89.5 Å². The highest BCUT2D eigenvalue weighted by Gasteiger charge is 2.16. The lowest BCUT2D eigenvalue weighted by Gasteiger charge is -2.20. The average molecular weight is 216 g/mol. The predicted molar refractivity (Wildman–Crippen MR) is 61.6 cm³/mol. The van der Waals surface area contributed by atoms with Gasteiger partial charge in [-0.15, -0.1) is 0 Å². The molecular formula is C9H16N2S2. The molecule has 0 aliphatic heterocycles. The van der Waals surface area contributed by atoms with Crippen LogP contribution in [0, 0.1) is 5.41 Å². The first-order chi connectivity index (χ1) is 6.05. The molecule has 0 radical (unpaired) electrons. The van der Waals surface area contributed by atoms with Crippen LogP contribution in [-0.2, 0) is 7.05 Å². The van der Waals surface area contributed by atoms with E-state index in [-0.39, 0.29) is 5.41 Å². The largest absolute Gasteiger partial charge is 0.329 e. The predicted octanol–water partition coefficient (Wildman–Crippen LogP) is 2.47. The average Bonchev–Trinajstić information content (AvgIpc) is 2.48. The van der Waals surface area contributed by atoms with Crippen LogP contribution in [0.1, 0.15) is 13.8 Å². The van der Waals surface area contributed by atoms with Gasteiger partial charge < -0.3 is 4.57 Å². The lowest BCUT2D eigenvalue weighted by molar-refractivity contribution is 0.493. The van der Waals surface area contributed by atoms with Gasteiger partial charge in [-0.2, -0.15) is 12.6 Å². The van der Waals surface area contributed by atoms with Crippen molar-refractivity contribution in [2.24, 2.45) is 12.5 Å². The number of nitrogens with zero attached hydrogens (tertiary/aromatic N) is 2. The molecule has 0 aliphatic carbocycles. The van der Waals surface area contributed by atoms with E-state index in [1.165, 1.54) is 0 Å². The Kier molecular flexibility index (Phi) is 3.74. The molecule has 1 aromatic heterocycles. The molecule has 4 heteroatoms. The molecule has 0 amide bonds. The molecule has 0 atom stereocenters. The first-order valence-corrected chi connectivity index (χ1v) is 5.88. The van der Waals surface area contributed by atoms with Gasteiger partial charge in [-0.1, -0.05) is 25.6 Å². The fraction of sp³-hybridized carbons (Fsp3) is 0.667. The first kappa shape index (κ1) is 11.0.